The van der Waals surface area contributed by atoms with Crippen molar-refractivity contribution in [3.8, 4) is 0 Å². The summed E-state index contributed by atoms with van der Waals surface area (Å²) < 4.78 is 22.9. The molecule has 1 aromatic rings. The average molecular weight is 299 g/mol. The number of benzene rings is 1. The summed E-state index contributed by atoms with van der Waals surface area (Å²) in [6.45, 7) is 2.79. The molecular weight excluding hydrogens is 282 g/mol. The summed E-state index contributed by atoms with van der Waals surface area (Å²) >= 11 is 0. The number of carbonyl (C=O) groups is 2. The van der Waals surface area contributed by atoms with E-state index in [1.807, 2.05) is 0 Å². The first-order chi connectivity index (χ1) is 8.98. The summed E-state index contributed by atoms with van der Waals surface area (Å²) in [6, 6.07) is 5.53. The summed E-state index contributed by atoms with van der Waals surface area (Å²) in [6.07, 6.45) is 1.04. The monoisotopic (exact) mass is 299 g/mol. The molecule has 7 heteroatoms. The molecule has 0 aliphatic rings. The third-order valence-corrected chi connectivity index (χ3v) is 4.29. The van der Waals surface area contributed by atoms with Crippen molar-refractivity contribution in [3.63, 3.8) is 0 Å². The number of likely N-dealkylation sites (N-methyl/N-ethyl adjacent to an activating group) is 1. The first kappa shape index (κ1) is 16.2. The minimum Gasteiger partial charge on any atom is -0.480 e. The van der Waals surface area contributed by atoms with Crippen LogP contribution in [0.5, 0.6) is 0 Å². The zero-order valence-corrected chi connectivity index (χ0v) is 12.6. The molecule has 0 atom stereocenters. The number of amides is 1. The lowest BCUT2D eigenvalue weighted by Gasteiger charge is -2.31. The van der Waals surface area contributed by atoms with Gasteiger partial charge in [0.05, 0.1) is 4.90 Å². The highest BCUT2D eigenvalue weighted by molar-refractivity contribution is 7.90. The third-order valence-electron chi connectivity index (χ3n) is 3.18. The van der Waals surface area contributed by atoms with E-state index < -0.39 is 27.3 Å². The summed E-state index contributed by atoms with van der Waals surface area (Å²) in [7, 11) is -2.06. The average Bonchev–Trinajstić information content (AvgIpc) is 2.35. The molecule has 0 saturated heterocycles. The first-order valence-corrected chi connectivity index (χ1v) is 7.68. The molecule has 0 unspecified atom stereocenters. The fourth-order valence-electron chi connectivity index (χ4n) is 1.45. The molecule has 1 rings (SSSR count). The van der Waals surface area contributed by atoms with E-state index in [1.165, 1.54) is 45.2 Å². The van der Waals surface area contributed by atoms with Gasteiger partial charge in [0, 0.05) is 18.9 Å². The van der Waals surface area contributed by atoms with Crippen LogP contribution in [0.1, 0.15) is 24.2 Å². The highest BCUT2D eigenvalue weighted by atomic mass is 32.2. The van der Waals surface area contributed by atoms with Crippen molar-refractivity contribution >= 4 is 21.7 Å². The SMILES string of the molecule is CN(C(=O)c1cccc(S(C)(=O)=O)c1)C(C)(C)C(=O)O. The van der Waals surface area contributed by atoms with Gasteiger partial charge < -0.3 is 10.0 Å². The van der Waals surface area contributed by atoms with Crippen molar-refractivity contribution in [2.24, 2.45) is 0 Å². The van der Waals surface area contributed by atoms with Gasteiger partial charge in [-0.3, -0.25) is 4.79 Å². The zero-order chi connectivity index (χ0) is 15.7. The van der Waals surface area contributed by atoms with E-state index in [0.29, 0.717) is 0 Å². The maximum Gasteiger partial charge on any atom is 0.329 e. The van der Waals surface area contributed by atoms with Crippen LogP contribution in [0.2, 0.25) is 0 Å². The zero-order valence-electron chi connectivity index (χ0n) is 11.7. The predicted octanol–water partition coefficient (Wildman–Crippen LogP) is 1.03. The van der Waals surface area contributed by atoms with Crippen molar-refractivity contribution in [3.05, 3.63) is 29.8 Å². The topological polar surface area (TPSA) is 91.8 Å². The van der Waals surface area contributed by atoms with Crippen LogP contribution < -0.4 is 0 Å². The van der Waals surface area contributed by atoms with Crippen molar-refractivity contribution in [1.82, 2.24) is 4.90 Å². The number of hydrogen-bond donors (Lipinski definition) is 1. The largest absolute Gasteiger partial charge is 0.480 e. The van der Waals surface area contributed by atoms with Crippen LogP contribution in [-0.2, 0) is 14.6 Å². The maximum atomic E-state index is 12.2. The van der Waals surface area contributed by atoms with E-state index in [-0.39, 0.29) is 10.5 Å². The molecule has 0 saturated carbocycles. The van der Waals surface area contributed by atoms with Gasteiger partial charge in [0.25, 0.3) is 5.91 Å². The maximum absolute atomic E-state index is 12.2. The number of rotatable bonds is 4. The van der Waals surface area contributed by atoms with Crippen LogP contribution in [0.3, 0.4) is 0 Å². The minimum atomic E-state index is -3.42. The molecule has 0 aliphatic heterocycles. The molecule has 1 aromatic carbocycles. The molecule has 1 amide bonds. The standard InChI is InChI=1S/C13H17NO5S/c1-13(2,12(16)17)14(3)11(15)9-6-5-7-10(8-9)20(4,18)19/h5-8H,1-4H3,(H,16,17). The summed E-state index contributed by atoms with van der Waals surface area (Å²) in [4.78, 5) is 24.5. The second-order valence-corrected chi connectivity index (χ2v) is 7.04. The van der Waals surface area contributed by atoms with Crippen LogP contribution >= 0.6 is 0 Å². The van der Waals surface area contributed by atoms with Crippen LogP contribution in [0.15, 0.2) is 29.2 Å². The van der Waals surface area contributed by atoms with E-state index in [0.717, 1.165) is 11.2 Å². The number of aliphatic carboxylic acids is 1. The molecule has 0 fully saturated rings. The molecule has 0 aliphatic carbocycles. The van der Waals surface area contributed by atoms with Gasteiger partial charge in [0.2, 0.25) is 0 Å². The minimum absolute atomic E-state index is 0.0184. The molecule has 0 spiro atoms. The normalized spacial score (nSPS) is 12.0. The highest BCUT2D eigenvalue weighted by Crippen LogP contribution is 2.18. The molecule has 1 N–H and O–H groups in total. The molecule has 0 radical (unpaired) electrons. The van der Waals surface area contributed by atoms with E-state index >= 15 is 0 Å². The fraction of sp³-hybridized carbons (Fsp3) is 0.385. The summed E-state index contributed by atoms with van der Waals surface area (Å²) in [5, 5.41) is 9.10. The summed E-state index contributed by atoms with van der Waals surface area (Å²) in [5.41, 5.74) is -1.26. The summed E-state index contributed by atoms with van der Waals surface area (Å²) in [5.74, 6) is -1.70. The Labute approximate surface area is 117 Å². The van der Waals surface area contributed by atoms with Crippen molar-refractivity contribution < 1.29 is 23.1 Å². The van der Waals surface area contributed by atoms with Gasteiger partial charge in [-0.15, -0.1) is 0 Å². The molecule has 6 nitrogen and oxygen atoms in total. The Morgan fingerprint density at radius 3 is 2.25 bits per heavy atom. The van der Waals surface area contributed by atoms with Crippen LogP contribution in [0.4, 0.5) is 0 Å². The Hall–Kier alpha value is -1.89. The molecule has 0 aromatic heterocycles. The lowest BCUT2D eigenvalue weighted by atomic mass is 10.0. The Kier molecular flexibility index (Phi) is 4.24. The lowest BCUT2D eigenvalue weighted by Crippen LogP contribution is -2.50. The van der Waals surface area contributed by atoms with Gasteiger partial charge in [-0.2, -0.15) is 0 Å². The number of sulfone groups is 1. The lowest BCUT2D eigenvalue weighted by molar-refractivity contribution is -0.147. The van der Waals surface area contributed by atoms with Crippen molar-refractivity contribution in [2.45, 2.75) is 24.3 Å². The molecule has 0 heterocycles. The molecular formula is C13H17NO5S. The third kappa shape index (κ3) is 3.16. The smallest absolute Gasteiger partial charge is 0.329 e. The Morgan fingerprint density at radius 2 is 1.80 bits per heavy atom. The van der Waals surface area contributed by atoms with Gasteiger partial charge in [0.1, 0.15) is 5.54 Å². The quantitative estimate of drug-likeness (QED) is 0.896. The predicted molar refractivity (Wildman–Crippen MR) is 73.4 cm³/mol. The van der Waals surface area contributed by atoms with E-state index in [1.54, 1.807) is 0 Å². The number of nitrogens with zero attached hydrogens (tertiary/aromatic N) is 1. The van der Waals surface area contributed by atoms with Crippen molar-refractivity contribution in [1.29, 1.82) is 0 Å². The Bertz CT molecular complexity index is 648. The van der Waals surface area contributed by atoms with Crippen molar-refractivity contribution in [2.75, 3.05) is 13.3 Å². The second kappa shape index (κ2) is 5.24. The molecule has 0 bridgehead atoms. The van der Waals surface area contributed by atoms with Gasteiger partial charge in [-0.1, -0.05) is 6.07 Å². The second-order valence-electron chi connectivity index (χ2n) is 5.03. The number of carboxylic acid groups (broad SMARTS) is 1. The number of carbonyl (C=O) groups excluding carboxylic acids is 1. The van der Waals surface area contributed by atoms with Gasteiger partial charge in [-0.05, 0) is 32.0 Å². The molecule has 110 valence electrons. The van der Waals surface area contributed by atoms with Gasteiger partial charge in [-0.25, -0.2) is 13.2 Å². The van der Waals surface area contributed by atoms with E-state index in [9.17, 15) is 18.0 Å². The highest BCUT2D eigenvalue weighted by Gasteiger charge is 2.35. The van der Waals surface area contributed by atoms with Crippen LogP contribution in [0, 0.1) is 0 Å². The first-order valence-electron chi connectivity index (χ1n) is 5.79. The fourth-order valence-corrected chi connectivity index (χ4v) is 2.12. The van der Waals surface area contributed by atoms with E-state index in [4.69, 9.17) is 5.11 Å². The Balaban J connectivity index is 3.20. The van der Waals surface area contributed by atoms with Gasteiger partial charge in [0.15, 0.2) is 9.84 Å². The Morgan fingerprint density at radius 1 is 1.25 bits per heavy atom. The van der Waals surface area contributed by atoms with Crippen LogP contribution in [0.25, 0.3) is 0 Å². The number of carboxylic acids is 1. The molecule has 20 heavy (non-hydrogen) atoms. The number of hydrogen-bond acceptors (Lipinski definition) is 4. The van der Waals surface area contributed by atoms with E-state index in [2.05, 4.69) is 0 Å². The van der Waals surface area contributed by atoms with Gasteiger partial charge >= 0.3 is 5.97 Å². The van der Waals surface area contributed by atoms with Crippen LogP contribution in [-0.4, -0.2) is 49.1 Å².